The molecule has 2 fully saturated rings. The summed E-state index contributed by atoms with van der Waals surface area (Å²) >= 11 is 5.81. The first kappa shape index (κ1) is 9.79. The molecule has 0 saturated carbocycles. The Balaban J connectivity index is 1.82. The third-order valence-electron chi connectivity index (χ3n) is 2.66. The minimum absolute atomic E-state index is 1.15. The van der Waals surface area contributed by atoms with E-state index in [1.807, 2.05) is 18.2 Å². The zero-order valence-electron chi connectivity index (χ0n) is 8.47. The zero-order valence-corrected chi connectivity index (χ0v) is 10.2. The first-order chi connectivity index (χ1) is 7.29. The van der Waals surface area contributed by atoms with Crippen LogP contribution in [0.1, 0.15) is 0 Å². The SMILES string of the molecule is S=P(Nc1ccccc1)(N1CC1)N1CC1. The van der Waals surface area contributed by atoms with Crippen molar-refractivity contribution in [1.29, 1.82) is 0 Å². The number of benzene rings is 1. The molecule has 3 rings (SSSR count). The molecule has 2 heterocycles. The number of nitrogens with one attached hydrogen (secondary N) is 1. The lowest BCUT2D eigenvalue weighted by Crippen LogP contribution is -2.12. The average Bonchev–Trinajstić information content (AvgIpc) is 3.09. The first-order valence-electron chi connectivity index (χ1n) is 5.23. The van der Waals surface area contributed by atoms with Crippen LogP contribution >= 0.6 is 6.49 Å². The van der Waals surface area contributed by atoms with Crippen molar-refractivity contribution in [3.8, 4) is 0 Å². The van der Waals surface area contributed by atoms with Crippen LogP contribution in [0.15, 0.2) is 30.3 Å². The van der Waals surface area contributed by atoms with E-state index in [1.54, 1.807) is 0 Å². The minimum Gasteiger partial charge on any atom is -0.335 e. The zero-order chi connectivity index (χ0) is 10.3. The molecule has 15 heavy (non-hydrogen) atoms. The van der Waals surface area contributed by atoms with Gasteiger partial charge >= 0.3 is 0 Å². The van der Waals surface area contributed by atoms with Crippen LogP contribution in [0.4, 0.5) is 5.69 Å². The lowest BCUT2D eigenvalue weighted by molar-refractivity contribution is 0.799. The fourth-order valence-corrected chi connectivity index (χ4v) is 5.32. The summed E-state index contributed by atoms with van der Waals surface area (Å²) < 4.78 is 4.78. The number of hydrogen-bond acceptors (Lipinski definition) is 1. The van der Waals surface area contributed by atoms with E-state index in [0.717, 1.165) is 31.9 Å². The molecule has 3 nitrogen and oxygen atoms in total. The van der Waals surface area contributed by atoms with Crippen molar-refractivity contribution in [3.63, 3.8) is 0 Å². The van der Waals surface area contributed by atoms with Crippen LogP contribution in [0, 0.1) is 0 Å². The van der Waals surface area contributed by atoms with Gasteiger partial charge < -0.3 is 5.09 Å². The molecular weight excluding hydrogens is 225 g/mol. The third-order valence-corrected chi connectivity index (χ3v) is 7.21. The van der Waals surface area contributed by atoms with E-state index >= 15 is 0 Å². The van der Waals surface area contributed by atoms with Crippen molar-refractivity contribution in [2.75, 3.05) is 31.3 Å². The second-order valence-corrected chi connectivity index (χ2v) is 7.90. The van der Waals surface area contributed by atoms with Gasteiger partial charge in [0.05, 0.1) is 0 Å². The number of nitrogens with zero attached hydrogens (tertiary/aromatic N) is 2. The summed E-state index contributed by atoms with van der Waals surface area (Å²) in [7, 11) is 0. The van der Waals surface area contributed by atoms with Crippen LogP contribution < -0.4 is 5.09 Å². The van der Waals surface area contributed by atoms with Gasteiger partial charge in [-0.15, -0.1) is 0 Å². The Bertz CT molecular complexity index is 384. The van der Waals surface area contributed by atoms with Gasteiger partial charge in [0, 0.05) is 31.9 Å². The van der Waals surface area contributed by atoms with Crippen LogP contribution in [0.25, 0.3) is 0 Å². The van der Waals surface area contributed by atoms with Crippen LogP contribution in [0.2, 0.25) is 0 Å². The lowest BCUT2D eigenvalue weighted by atomic mass is 10.3. The fraction of sp³-hybridized carbons (Fsp3) is 0.400. The van der Waals surface area contributed by atoms with Gasteiger partial charge in [-0.05, 0) is 23.9 Å². The molecule has 80 valence electrons. The largest absolute Gasteiger partial charge is 0.335 e. The van der Waals surface area contributed by atoms with Crippen molar-refractivity contribution in [1.82, 2.24) is 9.34 Å². The summed E-state index contributed by atoms with van der Waals surface area (Å²) in [6, 6.07) is 10.3. The molecule has 2 saturated heterocycles. The predicted octanol–water partition coefficient (Wildman–Crippen LogP) is 1.95. The predicted molar refractivity (Wildman–Crippen MR) is 67.5 cm³/mol. The average molecular weight is 239 g/mol. The lowest BCUT2D eigenvalue weighted by Gasteiger charge is -2.26. The second kappa shape index (κ2) is 3.56. The number of hydrogen-bond donors (Lipinski definition) is 1. The minimum atomic E-state index is -1.61. The Hall–Kier alpha value is -0.410. The van der Waals surface area contributed by atoms with Gasteiger partial charge in [-0.25, -0.2) is 9.34 Å². The van der Waals surface area contributed by atoms with Crippen LogP contribution in [-0.2, 0) is 11.8 Å². The first-order valence-corrected chi connectivity index (χ1v) is 7.94. The van der Waals surface area contributed by atoms with E-state index in [0.29, 0.717) is 0 Å². The molecule has 0 spiro atoms. The van der Waals surface area contributed by atoms with Crippen molar-refractivity contribution in [2.45, 2.75) is 0 Å². The summed E-state index contributed by atoms with van der Waals surface area (Å²) in [5.41, 5.74) is 1.15. The molecule has 1 aromatic carbocycles. The highest BCUT2D eigenvalue weighted by molar-refractivity contribution is 8.13. The molecule has 0 aromatic heterocycles. The number of rotatable bonds is 4. The maximum atomic E-state index is 5.81. The summed E-state index contributed by atoms with van der Waals surface area (Å²) in [5, 5.41) is 3.56. The van der Waals surface area contributed by atoms with Crippen LogP contribution in [0.3, 0.4) is 0 Å². The molecule has 5 heteroatoms. The molecule has 0 amide bonds. The molecule has 0 aliphatic carbocycles. The number of anilines is 1. The van der Waals surface area contributed by atoms with Crippen molar-refractivity contribution in [2.24, 2.45) is 0 Å². The van der Waals surface area contributed by atoms with Crippen molar-refractivity contribution < 1.29 is 0 Å². The maximum Gasteiger partial charge on any atom is 0.167 e. The Labute approximate surface area is 95.2 Å². The smallest absolute Gasteiger partial charge is 0.167 e. The highest BCUT2D eigenvalue weighted by Crippen LogP contribution is 2.59. The van der Waals surface area contributed by atoms with Gasteiger partial charge in [0.25, 0.3) is 0 Å². The van der Waals surface area contributed by atoms with Gasteiger partial charge in [0.2, 0.25) is 0 Å². The highest BCUT2D eigenvalue weighted by Gasteiger charge is 2.43. The van der Waals surface area contributed by atoms with E-state index in [2.05, 4.69) is 26.6 Å². The molecule has 1 aromatic rings. The van der Waals surface area contributed by atoms with Gasteiger partial charge in [-0.2, -0.15) is 0 Å². The molecule has 0 bridgehead atoms. The molecule has 2 aliphatic rings. The summed E-state index contributed by atoms with van der Waals surface area (Å²) in [4.78, 5) is 0. The summed E-state index contributed by atoms with van der Waals surface area (Å²) in [6.07, 6.45) is 0. The van der Waals surface area contributed by atoms with E-state index in [4.69, 9.17) is 11.8 Å². The Morgan fingerprint density at radius 1 is 1.00 bits per heavy atom. The van der Waals surface area contributed by atoms with Gasteiger partial charge in [-0.1, -0.05) is 18.2 Å². The van der Waals surface area contributed by atoms with E-state index in [9.17, 15) is 0 Å². The summed E-state index contributed by atoms with van der Waals surface area (Å²) in [6.45, 7) is 3.03. The fourth-order valence-electron chi connectivity index (χ4n) is 1.63. The van der Waals surface area contributed by atoms with E-state index < -0.39 is 6.49 Å². The maximum absolute atomic E-state index is 5.81. The van der Waals surface area contributed by atoms with Crippen LogP contribution in [-0.4, -0.2) is 35.5 Å². The van der Waals surface area contributed by atoms with E-state index in [-0.39, 0.29) is 0 Å². The molecule has 0 unspecified atom stereocenters. The van der Waals surface area contributed by atoms with Crippen LogP contribution in [0.5, 0.6) is 0 Å². The molecule has 1 N–H and O–H groups in total. The van der Waals surface area contributed by atoms with Gasteiger partial charge in [0.15, 0.2) is 6.49 Å². The molecule has 0 atom stereocenters. The monoisotopic (exact) mass is 239 g/mol. The normalized spacial score (nSPS) is 21.3. The Kier molecular flexibility index (Phi) is 2.33. The quantitative estimate of drug-likeness (QED) is 0.639. The molecule has 2 aliphatic heterocycles. The van der Waals surface area contributed by atoms with E-state index in [1.165, 1.54) is 0 Å². The molecule has 0 radical (unpaired) electrons. The van der Waals surface area contributed by atoms with Crippen molar-refractivity contribution in [3.05, 3.63) is 30.3 Å². The number of para-hydroxylation sites is 1. The van der Waals surface area contributed by atoms with Gasteiger partial charge in [-0.3, -0.25) is 0 Å². The topological polar surface area (TPSA) is 18.0 Å². The standard InChI is InChI=1S/C10H14N3PS/c15-14(12-6-7-12,13-8-9-13)11-10-4-2-1-3-5-10/h1-5H,6-9H2,(H,11,15). The second-order valence-electron chi connectivity index (χ2n) is 3.93. The third kappa shape index (κ3) is 1.95. The van der Waals surface area contributed by atoms with Gasteiger partial charge in [0.1, 0.15) is 0 Å². The highest BCUT2D eigenvalue weighted by atomic mass is 32.4. The Morgan fingerprint density at radius 2 is 1.53 bits per heavy atom. The van der Waals surface area contributed by atoms with Crippen molar-refractivity contribution >= 4 is 24.0 Å². The molecular formula is C10H14N3PS. The summed E-state index contributed by atoms with van der Waals surface area (Å²) in [5.74, 6) is 0. The Morgan fingerprint density at radius 3 is 2.00 bits per heavy atom.